The van der Waals surface area contributed by atoms with E-state index in [1.165, 1.54) is 10.4 Å². The minimum absolute atomic E-state index is 0.156. The van der Waals surface area contributed by atoms with Gasteiger partial charge >= 0.3 is 0 Å². The quantitative estimate of drug-likeness (QED) is 0.716. The van der Waals surface area contributed by atoms with E-state index in [2.05, 4.69) is 15.9 Å². The number of benzene rings is 2. The molecule has 0 spiro atoms. The van der Waals surface area contributed by atoms with Crippen LogP contribution in [0.15, 0.2) is 51.8 Å². The Morgan fingerprint density at radius 3 is 2.52 bits per heavy atom. The minimum atomic E-state index is -3.54. The molecule has 1 saturated heterocycles. The fraction of sp³-hybridized carbons (Fsp3) is 0.350. The largest absolute Gasteiger partial charge is 0.308 e. The number of fused-ring (bicyclic) bond motifs is 1. The highest BCUT2D eigenvalue weighted by molar-refractivity contribution is 9.10. The number of hydrogen-bond donors (Lipinski definition) is 0. The van der Waals surface area contributed by atoms with E-state index >= 15 is 0 Å². The van der Waals surface area contributed by atoms with Gasteiger partial charge in [0, 0.05) is 35.4 Å². The van der Waals surface area contributed by atoms with Crippen LogP contribution in [0.4, 0.5) is 5.69 Å². The van der Waals surface area contributed by atoms with Gasteiger partial charge in [-0.05, 0) is 67.6 Å². The van der Waals surface area contributed by atoms with Gasteiger partial charge in [0.25, 0.3) is 5.91 Å². The lowest BCUT2D eigenvalue weighted by molar-refractivity contribution is 0.0985. The van der Waals surface area contributed by atoms with E-state index in [-0.39, 0.29) is 10.8 Å². The Kier molecular flexibility index (Phi) is 5.09. The lowest BCUT2D eigenvalue weighted by Gasteiger charge is -2.30. The third kappa shape index (κ3) is 3.56. The second-order valence-corrected chi connectivity index (χ2v) is 9.83. The molecule has 0 N–H and O–H groups in total. The van der Waals surface area contributed by atoms with Crippen LogP contribution in [0.3, 0.4) is 0 Å². The fourth-order valence-corrected chi connectivity index (χ4v) is 5.77. The second-order valence-electron chi connectivity index (χ2n) is 6.97. The molecule has 0 aromatic heterocycles. The number of carbonyl (C=O) groups is 1. The van der Waals surface area contributed by atoms with Crippen molar-refractivity contribution in [2.75, 3.05) is 24.5 Å². The van der Waals surface area contributed by atoms with E-state index in [1.54, 1.807) is 23.1 Å². The van der Waals surface area contributed by atoms with Crippen molar-refractivity contribution in [3.05, 3.63) is 58.1 Å². The van der Waals surface area contributed by atoms with E-state index in [9.17, 15) is 13.2 Å². The number of rotatable bonds is 3. The molecule has 4 rings (SSSR count). The number of nitrogens with zero attached hydrogens (tertiary/aromatic N) is 2. The summed E-state index contributed by atoms with van der Waals surface area (Å²) in [4.78, 5) is 15.1. The number of anilines is 1. The maximum atomic E-state index is 13.2. The first-order valence-electron chi connectivity index (χ1n) is 9.17. The average molecular weight is 449 g/mol. The van der Waals surface area contributed by atoms with Gasteiger partial charge in [-0.3, -0.25) is 4.79 Å². The summed E-state index contributed by atoms with van der Waals surface area (Å²) in [5.74, 6) is -0.156. The van der Waals surface area contributed by atoms with Crippen LogP contribution in [0.2, 0.25) is 0 Å². The molecule has 0 atom stereocenters. The molecule has 2 aromatic rings. The molecular formula is C20H21BrN2O3S. The number of carbonyl (C=O) groups excluding carboxylic acids is 1. The van der Waals surface area contributed by atoms with E-state index < -0.39 is 10.0 Å². The van der Waals surface area contributed by atoms with Crippen LogP contribution in [0.1, 0.15) is 35.2 Å². The van der Waals surface area contributed by atoms with Crippen molar-refractivity contribution >= 4 is 37.5 Å². The van der Waals surface area contributed by atoms with Gasteiger partial charge in [-0.1, -0.05) is 22.0 Å². The molecule has 142 valence electrons. The molecule has 0 aliphatic carbocycles. The first kappa shape index (κ1) is 18.7. The molecular weight excluding hydrogens is 428 g/mol. The lowest BCUT2D eigenvalue weighted by Crippen LogP contribution is -2.35. The Morgan fingerprint density at radius 1 is 0.963 bits per heavy atom. The van der Waals surface area contributed by atoms with E-state index in [0.29, 0.717) is 25.2 Å². The van der Waals surface area contributed by atoms with E-state index in [4.69, 9.17) is 0 Å². The van der Waals surface area contributed by atoms with Crippen molar-refractivity contribution in [2.45, 2.75) is 30.6 Å². The Hall–Kier alpha value is -1.70. The summed E-state index contributed by atoms with van der Waals surface area (Å²) < 4.78 is 28.1. The van der Waals surface area contributed by atoms with Crippen LogP contribution in [-0.2, 0) is 16.4 Å². The summed E-state index contributed by atoms with van der Waals surface area (Å²) in [6, 6.07) is 12.4. The second kappa shape index (κ2) is 7.37. The Morgan fingerprint density at radius 2 is 1.74 bits per heavy atom. The molecule has 0 radical (unpaired) electrons. The minimum Gasteiger partial charge on any atom is -0.308 e. The SMILES string of the molecule is O=C(c1cccc(S(=O)(=O)N2CCCC2)c1)N1CCCc2cc(Br)ccc21. The standard InChI is InChI=1S/C20H21BrN2O3S/c21-17-8-9-19-15(13-17)6-4-12-23(19)20(24)16-5-3-7-18(14-16)27(25,26)22-10-1-2-11-22/h3,5,7-9,13-14H,1-2,4,6,10-12H2. The zero-order valence-electron chi connectivity index (χ0n) is 14.9. The molecule has 0 unspecified atom stereocenters. The summed E-state index contributed by atoms with van der Waals surface area (Å²) in [7, 11) is -3.54. The Labute approximate surface area is 168 Å². The van der Waals surface area contributed by atoms with Crippen molar-refractivity contribution in [3.63, 3.8) is 0 Å². The molecule has 5 nitrogen and oxygen atoms in total. The van der Waals surface area contributed by atoms with Crippen molar-refractivity contribution in [1.82, 2.24) is 4.31 Å². The summed E-state index contributed by atoms with van der Waals surface area (Å²) in [5, 5.41) is 0. The summed E-state index contributed by atoms with van der Waals surface area (Å²) in [6.45, 7) is 1.74. The number of amides is 1. The fourth-order valence-electron chi connectivity index (χ4n) is 3.80. The van der Waals surface area contributed by atoms with Crippen molar-refractivity contribution in [1.29, 1.82) is 0 Å². The van der Waals surface area contributed by atoms with Gasteiger partial charge < -0.3 is 4.90 Å². The molecule has 1 amide bonds. The van der Waals surface area contributed by atoms with Crippen LogP contribution in [-0.4, -0.2) is 38.3 Å². The van der Waals surface area contributed by atoms with Gasteiger partial charge in [-0.2, -0.15) is 4.31 Å². The molecule has 7 heteroatoms. The van der Waals surface area contributed by atoms with Crippen LogP contribution in [0.25, 0.3) is 0 Å². The van der Waals surface area contributed by atoms with Gasteiger partial charge in [-0.15, -0.1) is 0 Å². The van der Waals surface area contributed by atoms with Gasteiger partial charge in [0.05, 0.1) is 4.90 Å². The molecule has 2 aliphatic heterocycles. The topological polar surface area (TPSA) is 57.7 Å². The zero-order valence-corrected chi connectivity index (χ0v) is 17.3. The van der Waals surface area contributed by atoms with Crippen molar-refractivity contribution in [3.8, 4) is 0 Å². The first-order valence-corrected chi connectivity index (χ1v) is 11.4. The monoisotopic (exact) mass is 448 g/mol. The highest BCUT2D eigenvalue weighted by Crippen LogP contribution is 2.31. The van der Waals surface area contributed by atoms with Crippen LogP contribution >= 0.6 is 15.9 Å². The normalized spacial score (nSPS) is 17.7. The maximum absolute atomic E-state index is 13.2. The number of sulfonamides is 1. The molecule has 1 fully saturated rings. The van der Waals surface area contributed by atoms with Crippen LogP contribution < -0.4 is 4.90 Å². The van der Waals surface area contributed by atoms with Gasteiger partial charge in [0.15, 0.2) is 0 Å². The number of aryl methyl sites for hydroxylation is 1. The smallest absolute Gasteiger partial charge is 0.258 e. The third-order valence-electron chi connectivity index (χ3n) is 5.19. The predicted octanol–water partition coefficient (Wildman–Crippen LogP) is 3.83. The van der Waals surface area contributed by atoms with Gasteiger partial charge in [-0.25, -0.2) is 8.42 Å². The van der Waals surface area contributed by atoms with Gasteiger partial charge in [0.1, 0.15) is 0 Å². The van der Waals surface area contributed by atoms with Gasteiger partial charge in [0.2, 0.25) is 10.0 Å². The van der Waals surface area contributed by atoms with E-state index in [0.717, 1.165) is 41.4 Å². The molecule has 27 heavy (non-hydrogen) atoms. The summed E-state index contributed by atoms with van der Waals surface area (Å²) in [6.07, 6.45) is 3.60. The predicted molar refractivity (Wildman–Crippen MR) is 109 cm³/mol. The summed E-state index contributed by atoms with van der Waals surface area (Å²) in [5.41, 5.74) is 2.44. The Balaban J connectivity index is 1.66. The lowest BCUT2D eigenvalue weighted by atomic mass is 10.0. The molecule has 0 saturated carbocycles. The third-order valence-corrected chi connectivity index (χ3v) is 7.58. The van der Waals surface area contributed by atoms with Crippen molar-refractivity contribution in [2.24, 2.45) is 0 Å². The van der Waals surface area contributed by atoms with Crippen LogP contribution in [0.5, 0.6) is 0 Å². The highest BCUT2D eigenvalue weighted by Gasteiger charge is 2.29. The first-order chi connectivity index (χ1) is 13.0. The van der Waals surface area contributed by atoms with Crippen molar-refractivity contribution < 1.29 is 13.2 Å². The molecule has 2 aromatic carbocycles. The molecule has 2 aliphatic rings. The number of halogens is 1. The van der Waals surface area contributed by atoms with E-state index in [1.807, 2.05) is 18.2 Å². The zero-order chi connectivity index (χ0) is 19.0. The average Bonchev–Trinajstić information content (AvgIpc) is 3.22. The highest BCUT2D eigenvalue weighted by atomic mass is 79.9. The Bertz CT molecular complexity index is 984. The molecule has 2 heterocycles. The summed E-state index contributed by atoms with van der Waals surface area (Å²) >= 11 is 3.48. The maximum Gasteiger partial charge on any atom is 0.258 e. The van der Waals surface area contributed by atoms with Crippen LogP contribution in [0, 0.1) is 0 Å². The number of hydrogen-bond acceptors (Lipinski definition) is 3. The molecule has 0 bridgehead atoms.